The Morgan fingerprint density at radius 2 is 1.49 bits per heavy atom. The van der Waals surface area contributed by atoms with Gasteiger partial charge in [0.2, 0.25) is 0 Å². The Bertz CT molecular complexity index is 1540. The van der Waals surface area contributed by atoms with E-state index in [4.69, 9.17) is 32.9 Å². The number of aliphatic imine (C=N–C) groups is 1. The Hall–Kier alpha value is -3.39. The zero-order valence-electron chi connectivity index (χ0n) is 26.7. The molecule has 3 aromatic rings. The molecule has 45 heavy (non-hydrogen) atoms. The highest BCUT2D eigenvalue weighted by Gasteiger charge is 2.45. The predicted molar refractivity (Wildman–Crippen MR) is 182 cm³/mol. The molecule has 9 heteroatoms. The number of amides is 2. The Morgan fingerprint density at radius 1 is 0.889 bits per heavy atom. The van der Waals surface area contributed by atoms with E-state index in [0.29, 0.717) is 67.4 Å². The first kappa shape index (κ1) is 33.0. The van der Waals surface area contributed by atoms with E-state index in [1.54, 1.807) is 6.92 Å². The number of urea groups is 1. The third kappa shape index (κ3) is 7.54. The summed E-state index contributed by atoms with van der Waals surface area (Å²) in [6, 6.07) is 20.6. The normalized spacial score (nSPS) is 19.0. The van der Waals surface area contributed by atoms with Crippen molar-refractivity contribution in [3.8, 4) is 5.75 Å². The van der Waals surface area contributed by atoms with Crippen LogP contribution in [0, 0.1) is 0 Å². The van der Waals surface area contributed by atoms with Gasteiger partial charge in [-0.1, -0.05) is 74.3 Å². The molecule has 2 heterocycles. The summed E-state index contributed by atoms with van der Waals surface area (Å²) in [6.45, 7) is 13.8. The molecule has 2 amide bonds. The van der Waals surface area contributed by atoms with Crippen LogP contribution < -0.4 is 4.74 Å². The van der Waals surface area contributed by atoms with E-state index in [2.05, 4.69) is 37.8 Å². The van der Waals surface area contributed by atoms with Gasteiger partial charge in [0.15, 0.2) is 0 Å². The van der Waals surface area contributed by atoms with E-state index in [0.717, 1.165) is 22.3 Å². The van der Waals surface area contributed by atoms with Crippen molar-refractivity contribution in [1.29, 1.82) is 0 Å². The van der Waals surface area contributed by atoms with E-state index in [-0.39, 0.29) is 17.2 Å². The summed E-state index contributed by atoms with van der Waals surface area (Å²) in [5.41, 5.74) is 3.70. The molecule has 0 aliphatic carbocycles. The second-order valence-electron chi connectivity index (χ2n) is 12.8. The van der Waals surface area contributed by atoms with Gasteiger partial charge in [0.1, 0.15) is 23.4 Å². The molecular weight excluding hydrogens is 607 g/mol. The van der Waals surface area contributed by atoms with Gasteiger partial charge in [-0.15, -0.1) is 0 Å². The highest BCUT2D eigenvalue weighted by atomic mass is 35.5. The van der Waals surface area contributed by atoms with E-state index in [9.17, 15) is 9.59 Å². The molecule has 2 atom stereocenters. The van der Waals surface area contributed by atoms with Crippen LogP contribution in [0.25, 0.3) is 0 Å². The number of rotatable bonds is 8. The summed E-state index contributed by atoms with van der Waals surface area (Å²) in [6.07, 6.45) is 0.517. The van der Waals surface area contributed by atoms with Crippen molar-refractivity contribution >= 4 is 40.9 Å². The molecule has 0 aromatic heterocycles. The summed E-state index contributed by atoms with van der Waals surface area (Å²) in [5.74, 6) is 1.44. The summed E-state index contributed by atoms with van der Waals surface area (Å²) in [4.78, 5) is 37.6. The fourth-order valence-corrected chi connectivity index (χ4v) is 6.19. The highest BCUT2D eigenvalue weighted by Crippen LogP contribution is 2.46. The van der Waals surface area contributed by atoms with Gasteiger partial charge in [0.25, 0.3) is 0 Å². The Labute approximate surface area is 276 Å². The summed E-state index contributed by atoms with van der Waals surface area (Å²) < 4.78 is 6.23. The number of halogens is 2. The van der Waals surface area contributed by atoms with E-state index >= 15 is 0 Å². The lowest BCUT2D eigenvalue weighted by molar-refractivity contribution is -0.117. The number of carbonyl (C=O) groups excluding carboxylic acids is 2. The second-order valence-corrected chi connectivity index (χ2v) is 13.6. The summed E-state index contributed by atoms with van der Waals surface area (Å²) in [5, 5.41) is 1.26. The van der Waals surface area contributed by atoms with E-state index in [1.165, 1.54) is 0 Å². The van der Waals surface area contributed by atoms with Gasteiger partial charge < -0.3 is 9.64 Å². The third-order valence-electron chi connectivity index (χ3n) is 8.51. The number of nitrogens with zero attached hydrogens (tertiary/aromatic N) is 4. The van der Waals surface area contributed by atoms with Crippen LogP contribution in [0.5, 0.6) is 5.75 Å². The molecule has 5 rings (SSSR count). The van der Waals surface area contributed by atoms with Crippen LogP contribution in [0.3, 0.4) is 0 Å². The quantitative estimate of drug-likeness (QED) is 0.249. The molecule has 2 aliphatic rings. The van der Waals surface area contributed by atoms with Gasteiger partial charge in [0, 0.05) is 49.2 Å². The van der Waals surface area contributed by atoms with Crippen molar-refractivity contribution in [1.82, 2.24) is 14.7 Å². The van der Waals surface area contributed by atoms with Crippen LogP contribution in [0.15, 0.2) is 71.7 Å². The topological polar surface area (TPSA) is 65.5 Å². The lowest BCUT2D eigenvalue weighted by atomic mass is 9.86. The smallest absolute Gasteiger partial charge is 0.326 e. The first-order valence-corrected chi connectivity index (χ1v) is 16.4. The number of ketones is 1. The highest BCUT2D eigenvalue weighted by molar-refractivity contribution is 6.30. The fourth-order valence-electron chi connectivity index (χ4n) is 5.93. The van der Waals surface area contributed by atoms with Crippen LogP contribution in [0.1, 0.15) is 75.4 Å². The summed E-state index contributed by atoms with van der Waals surface area (Å²) in [7, 11) is 0. The average molecular weight is 650 g/mol. The number of ether oxygens (including phenoxy) is 1. The minimum atomic E-state index is -0.432. The molecule has 0 bridgehead atoms. The average Bonchev–Trinajstić information content (AvgIpc) is 3.40. The standard InChI is InChI=1S/C36H42Cl2N4O3/c1-6-45-31-23-27(36(3,4)5)11-16-30(31)34-39-32(25-7-12-28(37)13-8-25)33(26-9-14-29(38)15-10-26)42(34)35(44)41-21-19-40(20-22-41)18-17-24(2)43/h7-16,23,32-33H,6,17-22H2,1-5H3/t32-,33+/m0/s1. The number of carbonyl (C=O) groups is 2. The van der Waals surface area contributed by atoms with Gasteiger partial charge in [-0.25, -0.2) is 4.79 Å². The Kier molecular flexibility index (Phi) is 10.2. The van der Waals surface area contributed by atoms with Crippen LogP contribution >= 0.6 is 23.2 Å². The zero-order chi connectivity index (χ0) is 32.3. The first-order valence-electron chi connectivity index (χ1n) is 15.6. The minimum Gasteiger partial charge on any atom is -0.493 e. The van der Waals surface area contributed by atoms with Crippen molar-refractivity contribution in [2.45, 2.75) is 58.5 Å². The molecular formula is C36H42Cl2N4O3. The maximum Gasteiger partial charge on any atom is 0.326 e. The molecule has 0 spiro atoms. The van der Waals surface area contributed by atoms with Crippen LogP contribution in [0.2, 0.25) is 10.0 Å². The van der Waals surface area contributed by atoms with Crippen molar-refractivity contribution in [2.24, 2.45) is 4.99 Å². The number of benzene rings is 3. The van der Waals surface area contributed by atoms with Crippen molar-refractivity contribution < 1.29 is 14.3 Å². The predicted octanol–water partition coefficient (Wildman–Crippen LogP) is 7.95. The second kappa shape index (κ2) is 13.9. The lowest BCUT2D eigenvalue weighted by Crippen LogP contribution is -2.54. The number of hydrogen-bond acceptors (Lipinski definition) is 5. The molecule has 2 aliphatic heterocycles. The molecule has 1 saturated heterocycles. The molecule has 0 unspecified atom stereocenters. The van der Waals surface area contributed by atoms with Crippen molar-refractivity contribution in [2.75, 3.05) is 39.3 Å². The number of hydrogen-bond donors (Lipinski definition) is 0. The largest absolute Gasteiger partial charge is 0.493 e. The number of amidine groups is 1. The SMILES string of the molecule is CCOc1cc(C(C)(C)C)ccc1C1=N[C@@H](c2ccc(Cl)cc2)[C@@H](c2ccc(Cl)cc2)N1C(=O)N1CCN(CCC(C)=O)CC1. The van der Waals surface area contributed by atoms with Gasteiger partial charge >= 0.3 is 6.03 Å². The van der Waals surface area contributed by atoms with Gasteiger partial charge in [-0.05, 0) is 72.4 Å². The molecule has 3 aromatic carbocycles. The zero-order valence-corrected chi connectivity index (χ0v) is 28.2. The molecule has 0 N–H and O–H groups in total. The Balaban J connectivity index is 1.61. The van der Waals surface area contributed by atoms with Gasteiger partial charge in [-0.3, -0.25) is 19.6 Å². The number of piperazine rings is 1. The third-order valence-corrected chi connectivity index (χ3v) is 9.01. The van der Waals surface area contributed by atoms with E-state index < -0.39 is 12.1 Å². The molecule has 7 nitrogen and oxygen atoms in total. The Morgan fingerprint density at radius 3 is 2.04 bits per heavy atom. The van der Waals surface area contributed by atoms with E-state index in [1.807, 2.05) is 71.3 Å². The van der Waals surface area contributed by atoms with Crippen LogP contribution in [-0.4, -0.2) is 71.7 Å². The molecule has 238 valence electrons. The maximum absolute atomic E-state index is 14.7. The monoisotopic (exact) mass is 648 g/mol. The fraction of sp³-hybridized carbons (Fsp3) is 0.417. The van der Waals surface area contributed by atoms with Crippen molar-refractivity contribution in [3.63, 3.8) is 0 Å². The molecule has 0 radical (unpaired) electrons. The summed E-state index contributed by atoms with van der Waals surface area (Å²) >= 11 is 12.6. The van der Waals surface area contributed by atoms with Crippen LogP contribution in [0.4, 0.5) is 4.79 Å². The number of Topliss-reactive ketones (excluding diaryl/α,β-unsaturated/α-hetero) is 1. The lowest BCUT2D eigenvalue weighted by Gasteiger charge is -2.39. The first-order chi connectivity index (χ1) is 21.5. The maximum atomic E-state index is 14.7. The van der Waals surface area contributed by atoms with Gasteiger partial charge in [-0.2, -0.15) is 0 Å². The molecule has 0 saturated carbocycles. The minimum absolute atomic E-state index is 0.0862. The van der Waals surface area contributed by atoms with Crippen molar-refractivity contribution in [3.05, 3.63) is 99.0 Å². The van der Waals surface area contributed by atoms with Crippen LogP contribution in [-0.2, 0) is 10.2 Å². The molecule has 1 fully saturated rings. The van der Waals surface area contributed by atoms with Gasteiger partial charge in [0.05, 0.1) is 18.2 Å².